The summed E-state index contributed by atoms with van der Waals surface area (Å²) in [6.07, 6.45) is 0.742. The monoisotopic (exact) mass is 315 g/mol. The molecule has 128 valence electrons. The zero-order valence-electron chi connectivity index (χ0n) is 14.5. The summed E-state index contributed by atoms with van der Waals surface area (Å²) >= 11 is 0. The summed E-state index contributed by atoms with van der Waals surface area (Å²) in [6.45, 7) is 9.55. The number of nitrogens with one attached hydrogen (secondary N) is 1. The van der Waals surface area contributed by atoms with Crippen molar-refractivity contribution in [3.05, 3.63) is 0 Å². The number of methoxy groups -OCH3 is 1. The Morgan fingerprint density at radius 2 is 1.68 bits per heavy atom. The van der Waals surface area contributed by atoms with Crippen molar-refractivity contribution in [3.63, 3.8) is 0 Å². The molecule has 0 aliphatic rings. The number of hydrogen-bond donors (Lipinski definition) is 1. The third kappa shape index (κ3) is 10.2. The second-order valence-corrected chi connectivity index (χ2v) is 6.73. The van der Waals surface area contributed by atoms with Crippen molar-refractivity contribution in [2.24, 2.45) is 11.8 Å². The molecule has 0 aromatic rings. The summed E-state index contributed by atoms with van der Waals surface area (Å²) < 4.78 is 9.78. The highest BCUT2D eigenvalue weighted by Crippen LogP contribution is 2.18. The van der Waals surface area contributed by atoms with E-state index in [0.717, 1.165) is 0 Å². The standard InChI is InChI=1S/C16H29NO5/c1-11(2)9-12(10-14(19)22-16(3,4)5)15(20)17-8-7-13(18)21-6/h11-12H,7-10H2,1-6H3,(H,17,20)/t12-/m1/s1. The number of esters is 2. The predicted molar refractivity (Wildman–Crippen MR) is 83.0 cm³/mol. The van der Waals surface area contributed by atoms with E-state index in [0.29, 0.717) is 6.42 Å². The van der Waals surface area contributed by atoms with Gasteiger partial charge in [-0.1, -0.05) is 13.8 Å². The minimum atomic E-state index is -0.569. The Hall–Kier alpha value is -1.59. The molecule has 0 spiro atoms. The lowest BCUT2D eigenvalue weighted by atomic mass is 9.93. The van der Waals surface area contributed by atoms with E-state index in [2.05, 4.69) is 10.1 Å². The first-order chi connectivity index (χ1) is 10.0. The van der Waals surface area contributed by atoms with E-state index in [9.17, 15) is 14.4 Å². The summed E-state index contributed by atoms with van der Waals surface area (Å²) in [5, 5.41) is 2.67. The van der Waals surface area contributed by atoms with Crippen LogP contribution in [-0.4, -0.2) is 37.1 Å². The highest BCUT2D eigenvalue weighted by Gasteiger charge is 2.26. The number of amides is 1. The summed E-state index contributed by atoms with van der Waals surface area (Å²) in [7, 11) is 1.30. The maximum absolute atomic E-state index is 12.2. The van der Waals surface area contributed by atoms with Crippen LogP contribution in [0.1, 0.15) is 53.9 Å². The summed E-state index contributed by atoms with van der Waals surface area (Å²) in [4.78, 5) is 35.1. The molecule has 6 nitrogen and oxygen atoms in total. The topological polar surface area (TPSA) is 81.7 Å². The second kappa shape index (κ2) is 9.43. The number of carbonyl (C=O) groups is 3. The van der Waals surface area contributed by atoms with Crippen LogP contribution < -0.4 is 5.32 Å². The van der Waals surface area contributed by atoms with Gasteiger partial charge in [-0.3, -0.25) is 14.4 Å². The molecule has 1 N–H and O–H groups in total. The van der Waals surface area contributed by atoms with Crippen LogP contribution in [0.4, 0.5) is 0 Å². The van der Waals surface area contributed by atoms with Crippen molar-refractivity contribution in [2.45, 2.75) is 59.5 Å². The zero-order valence-corrected chi connectivity index (χ0v) is 14.5. The van der Waals surface area contributed by atoms with Crippen LogP contribution in [0.25, 0.3) is 0 Å². The van der Waals surface area contributed by atoms with E-state index in [1.807, 2.05) is 13.8 Å². The Morgan fingerprint density at radius 1 is 1.09 bits per heavy atom. The lowest BCUT2D eigenvalue weighted by Crippen LogP contribution is -2.35. The minimum absolute atomic E-state index is 0.0412. The first-order valence-electron chi connectivity index (χ1n) is 7.61. The van der Waals surface area contributed by atoms with Crippen LogP contribution in [0.2, 0.25) is 0 Å². The van der Waals surface area contributed by atoms with Crippen LogP contribution in [0, 0.1) is 11.8 Å². The Morgan fingerprint density at radius 3 is 2.14 bits per heavy atom. The van der Waals surface area contributed by atoms with E-state index in [1.54, 1.807) is 20.8 Å². The molecule has 0 saturated heterocycles. The highest BCUT2D eigenvalue weighted by molar-refractivity contribution is 5.84. The van der Waals surface area contributed by atoms with E-state index >= 15 is 0 Å². The van der Waals surface area contributed by atoms with Gasteiger partial charge in [0, 0.05) is 12.5 Å². The van der Waals surface area contributed by atoms with Gasteiger partial charge >= 0.3 is 11.9 Å². The largest absolute Gasteiger partial charge is 0.469 e. The molecular formula is C16H29NO5. The van der Waals surface area contributed by atoms with Gasteiger partial charge in [0.25, 0.3) is 0 Å². The number of ether oxygens (including phenoxy) is 2. The average molecular weight is 315 g/mol. The van der Waals surface area contributed by atoms with Crippen molar-refractivity contribution in [3.8, 4) is 0 Å². The Kier molecular flexibility index (Phi) is 8.75. The smallest absolute Gasteiger partial charge is 0.307 e. The molecule has 1 amide bonds. The fourth-order valence-electron chi connectivity index (χ4n) is 1.97. The normalized spacial score (nSPS) is 12.7. The molecule has 0 bridgehead atoms. The van der Waals surface area contributed by atoms with Gasteiger partial charge in [-0.05, 0) is 33.1 Å². The first-order valence-corrected chi connectivity index (χ1v) is 7.61. The molecule has 0 fully saturated rings. The van der Waals surface area contributed by atoms with Crippen molar-refractivity contribution < 1.29 is 23.9 Å². The van der Waals surface area contributed by atoms with Crippen LogP contribution in [-0.2, 0) is 23.9 Å². The van der Waals surface area contributed by atoms with Crippen LogP contribution >= 0.6 is 0 Å². The molecule has 0 saturated carbocycles. The van der Waals surface area contributed by atoms with Crippen molar-refractivity contribution in [2.75, 3.05) is 13.7 Å². The second-order valence-electron chi connectivity index (χ2n) is 6.73. The van der Waals surface area contributed by atoms with Gasteiger partial charge in [0.15, 0.2) is 0 Å². The van der Waals surface area contributed by atoms with Gasteiger partial charge in [0.05, 0.1) is 20.0 Å². The summed E-state index contributed by atoms with van der Waals surface area (Å²) in [6, 6.07) is 0. The van der Waals surface area contributed by atoms with Crippen molar-refractivity contribution >= 4 is 17.8 Å². The molecule has 1 atom stereocenters. The van der Waals surface area contributed by atoms with Gasteiger partial charge in [-0.15, -0.1) is 0 Å². The summed E-state index contributed by atoms with van der Waals surface area (Å²) in [5.74, 6) is -1.18. The third-order valence-electron chi connectivity index (χ3n) is 2.82. The van der Waals surface area contributed by atoms with Crippen molar-refractivity contribution in [1.82, 2.24) is 5.32 Å². The average Bonchev–Trinajstić information content (AvgIpc) is 2.34. The van der Waals surface area contributed by atoms with Crippen LogP contribution in [0.5, 0.6) is 0 Å². The van der Waals surface area contributed by atoms with E-state index < -0.39 is 11.5 Å². The Labute approximate surface area is 132 Å². The molecule has 0 heterocycles. The SMILES string of the molecule is COC(=O)CCNC(=O)[C@@H](CC(=O)OC(C)(C)C)CC(C)C. The number of rotatable bonds is 8. The predicted octanol–water partition coefficient (Wildman–Crippen LogP) is 2.06. The molecule has 6 heteroatoms. The highest BCUT2D eigenvalue weighted by atomic mass is 16.6. The third-order valence-corrected chi connectivity index (χ3v) is 2.82. The fourth-order valence-corrected chi connectivity index (χ4v) is 1.97. The van der Waals surface area contributed by atoms with Gasteiger partial charge < -0.3 is 14.8 Å². The number of carbonyl (C=O) groups excluding carboxylic acids is 3. The van der Waals surface area contributed by atoms with Crippen LogP contribution in [0.3, 0.4) is 0 Å². The molecule has 0 radical (unpaired) electrons. The summed E-state index contributed by atoms with van der Waals surface area (Å²) in [5.41, 5.74) is -0.569. The number of hydrogen-bond acceptors (Lipinski definition) is 5. The molecule has 0 unspecified atom stereocenters. The van der Waals surface area contributed by atoms with E-state index in [4.69, 9.17) is 4.74 Å². The maximum atomic E-state index is 12.2. The van der Waals surface area contributed by atoms with Crippen LogP contribution in [0.15, 0.2) is 0 Å². The molecule has 0 aromatic carbocycles. The maximum Gasteiger partial charge on any atom is 0.307 e. The van der Waals surface area contributed by atoms with E-state index in [-0.39, 0.29) is 43.2 Å². The van der Waals surface area contributed by atoms with Gasteiger partial charge in [-0.2, -0.15) is 0 Å². The lowest BCUT2D eigenvalue weighted by molar-refractivity contribution is -0.157. The van der Waals surface area contributed by atoms with Crippen molar-refractivity contribution in [1.29, 1.82) is 0 Å². The Balaban J connectivity index is 4.52. The fraction of sp³-hybridized carbons (Fsp3) is 0.812. The zero-order chi connectivity index (χ0) is 17.3. The van der Waals surface area contributed by atoms with Gasteiger partial charge in [0.1, 0.15) is 5.60 Å². The minimum Gasteiger partial charge on any atom is -0.469 e. The van der Waals surface area contributed by atoms with E-state index in [1.165, 1.54) is 7.11 Å². The molecule has 0 aromatic heterocycles. The molecule has 0 rings (SSSR count). The van der Waals surface area contributed by atoms with Gasteiger partial charge in [0.2, 0.25) is 5.91 Å². The van der Waals surface area contributed by atoms with Gasteiger partial charge in [-0.25, -0.2) is 0 Å². The molecule has 22 heavy (non-hydrogen) atoms. The quantitative estimate of drug-likeness (QED) is 0.693. The molecular weight excluding hydrogens is 286 g/mol. The lowest BCUT2D eigenvalue weighted by Gasteiger charge is -2.22. The molecule has 0 aliphatic carbocycles. The molecule has 0 aliphatic heterocycles. The first kappa shape index (κ1) is 20.4. The Bertz CT molecular complexity index is 384.